The first kappa shape index (κ1) is 18.1. The quantitative estimate of drug-likeness (QED) is 0.695. The second-order valence-electron chi connectivity index (χ2n) is 5.89. The third-order valence-electron chi connectivity index (χ3n) is 4.18. The Kier molecular flexibility index (Phi) is 6.94. The molecular formula is C20H28NO3+. The van der Waals surface area contributed by atoms with Crippen LogP contribution in [0.5, 0.6) is 17.2 Å². The summed E-state index contributed by atoms with van der Waals surface area (Å²) in [5.74, 6) is 1.98. The van der Waals surface area contributed by atoms with Crippen molar-refractivity contribution in [1.29, 1.82) is 0 Å². The molecule has 0 aliphatic heterocycles. The van der Waals surface area contributed by atoms with Crippen molar-refractivity contribution in [1.82, 2.24) is 0 Å². The maximum atomic E-state index is 9.32. The lowest BCUT2D eigenvalue weighted by atomic mass is 10.0. The predicted octanol–water partition coefficient (Wildman–Crippen LogP) is 2.67. The minimum Gasteiger partial charge on any atom is -0.508 e. The molecule has 4 heteroatoms. The standard InChI is InChI=1S/C20H27NO3/c1-4-5-18-16(8-11-19(23-2)20(18)24-3)14-21-13-12-15-6-9-17(22)10-7-15/h6-11,21-22H,4-5,12-14H2,1-3H3/p+1. The molecular weight excluding hydrogens is 302 g/mol. The fourth-order valence-corrected chi connectivity index (χ4v) is 2.94. The van der Waals surface area contributed by atoms with Crippen LogP contribution in [0.15, 0.2) is 36.4 Å². The van der Waals surface area contributed by atoms with Crippen LogP contribution < -0.4 is 14.8 Å². The van der Waals surface area contributed by atoms with E-state index in [2.05, 4.69) is 18.3 Å². The van der Waals surface area contributed by atoms with Crippen molar-refractivity contribution in [3.63, 3.8) is 0 Å². The molecule has 0 saturated carbocycles. The lowest BCUT2D eigenvalue weighted by Crippen LogP contribution is -2.83. The van der Waals surface area contributed by atoms with Gasteiger partial charge in [-0.05, 0) is 36.2 Å². The molecule has 0 amide bonds. The molecule has 0 aliphatic carbocycles. The van der Waals surface area contributed by atoms with Gasteiger partial charge in [-0.3, -0.25) is 0 Å². The van der Waals surface area contributed by atoms with Crippen LogP contribution in [0.1, 0.15) is 30.0 Å². The summed E-state index contributed by atoms with van der Waals surface area (Å²) in [4.78, 5) is 0. The number of ether oxygens (including phenoxy) is 2. The van der Waals surface area contributed by atoms with Gasteiger partial charge < -0.3 is 19.9 Å². The summed E-state index contributed by atoms with van der Waals surface area (Å²) in [5, 5.41) is 11.6. The van der Waals surface area contributed by atoms with E-state index in [9.17, 15) is 5.11 Å². The van der Waals surface area contributed by atoms with Crippen molar-refractivity contribution < 1.29 is 19.9 Å². The smallest absolute Gasteiger partial charge is 0.164 e. The van der Waals surface area contributed by atoms with E-state index in [4.69, 9.17) is 9.47 Å². The number of methoxy groups -OCH3 is 2. The first-order valence-electron chi connectivity index (χ1n) is 8.51. The molecule has 0 aliphatic rings. The molecule has 0 aromatic heterocycles. The third kappa shape index (κ3) is 4.65. The third-order valence-corrected chi connectivity index (χ3v) is 4.18. The van der Waals surface area contributed by atoms with Crippen molar-refractivity contribution in [2.24, 2.45) is 0 Å². The molecule has 2 aromatic rings. The molecule has 0 unspecified atom stereocenters. The van der Waals surface area contributed by atoms with Crippen LogP contribution in [0.4, 0.5) is 0 Å². The van der Waals surface area contributed by atoms with Crippen LogP contribution in [-0.2, 0) is 19.4 Å². The Morgan fingerprint density at radius 1 is 0.958 bits per heavy atom. The first-order chi connectivity index (χ1) is 11.7. The number of hydrogen-bond donors (Lipinski definition) is 2. The molecule has 0 atom stereocenters. The summed E-state index contributed by atoms with van der Waals surface area (Å²) in [6.45, 7) is 4.11. The summed E-state index contributed by atoms with van der Waals surface area (Å²) >= 11 is 0. The van der Waals surface area contributed by atoms with Crippen molar-refractivity contribution in [3.05, 3.63) is 53.1 Å². The molecule has 0 bridgehead atoms. The zero-order chi connectivity index (χ0) is 17.4. The summed E-state index contributed by atoms with van der Waals surface area (Å²) in [5.41, 5.74) is 3.80. The molecule has 0 radical (unpaired) electrons. The van der Waals surface area contributed by atoms with E-state index >= 15 is 0 Å². The van der Waals surface area contributed by atoms with Gasteiger partial charge in [-0.1, -0.05) is 25.5 Å². The summed E-state index contributed by atoms with van der Waals surface area (Å²) < 4.78 is 11.0. The highest BCUT2D eigenvalue weighted by atomic mass is 16.5. The van der Waals surface area contributed by atoms with E-state index in [1.807, 2.05) is 18.2 Å². The highest BCUT2D eigenvalue weighted by molar-refractivity contribution is 5.50. The maximum Gasteiger partial charge on any atom is 0.164 e. The number of phenolic OH excluding ortho intramolecular Hbond substituents is 1. The van der Waals surface area contributed by atoms with Crippen molar-refractivity contribution in [3.8, 4) is 17.2 Å². The lowest BCUT2D eigenvalue weighted by molar-refractivity contribution is -0.670. The average molecular weight is 330 g/mol. The number of rotatable bonds is 9. The van der Waals surface area contributed by atoms with Gasteiger partial charge in [-0.25, -0.2) is 0 Å². The first-order valence-corrected chi connectivity index (χ1v) is 8.51. The maximum absolute atomic E-state index is 9.32. The second kappa shape index (κ2) is 9.18. The van der Waals surface area contributed by atoms with E-state index < -0.39 is 0 Å². The Morgan fingerprint density at radius 3 is 2.33 bits per heavy atom. The minimum absolute atomic E-state index is 0.317. The summed E-state index contributed by atoms with van der Waals surface area (Å²) in [6, 6.07) is 11.6. The number of quaternary nitrogens is 1. The van der Waals surface area contributed by atoms with E-state index in [1.165, 1.54) is 16.7 Å². The fraction of sp³-hybridized carbons (Fsp3) is 0.400. The number of nitrogens with two attached hydrogens (primary N) is 1. The zero-order valence-corrected chi connectivity index (χ0v) is 14.8. The van der Waals surface area contributed by atoms with Gasteiger partial charge in [0.05, 0.1) is 20.8 Å². The van der Waals surface area contributed by atoms with Crippen LogP contribution in [0.2, 0.25) is 0 Å². The van der Waals surface area contributed by atoms with Crippen LogP contribution >= 0.6 is 0 Å². The Morgan fingerprint density at radius 2 is 1.71 bits per heavy atom. The average Bonchev–Trinajstić information content (AvgIpc) is 2.61. The highest BCUT2D eigenvalue weighted by Crippen LogP contribution is 2.34. The van der Waals surface area contributed by atoms with E-state index in [0.29, 0.717) is 5.75 Å². The Labute approximate surface area is 144 Å². The Balaban J connectivity index is 1.99. The Bertz CT molecular complexity index is 638. The van der Waals surface area contributed by atoms with Crippen LogP contribution in [0, 0.1) is 0 Å². The molecule has 0 fully saturated rings. The highest BCUT2D eigenvalue weighted by Gasteiger charge is 2.15. The Hall–Kier alpha value is -2.20. The molecule has 0 spiro atoms. The fourth-order valence-electron chi connectivity index (χ4n) is 2.94. The number of phenols is 1. The van der Waals surface area contributed by atoms with Gasteiger partial charge >= 0.3 is 0 Å². The van der Waals surface area contributed by atoms with Crippen LogP contribution in [0.3, 0.4) is 0 Å². The van der Waals surface area contributed by atoms with Gasteiger partial charge in [0.25, 0.3) is 0 Å². The van der Waals surface area contributed by atoms with Crippen LogP contribution in [-0.4, -0.2) is 25.9 Å². The SMILES string of the molecule is CCCc1c(C[NH2+]CCc2ccc(O)cc2)ccc(OC)c1OC. The van der Waals surface area contributed by atoms with Crippen molar-refractivity contribution >= 4 is 0 Å². The van der Waals surface area contributed by atoms with Crippen molar-refractivity contribution in [2.45, 2.75) is 32.7 Å². The van der Waals surface area contributed by atoms with Gasteiger partial charge in [0, 0.05) is 17.5 Å². The molecule has 2 aromatic carbocycles. The van der Waals surface area contributed by atoms with Gasteiger partial charge in [0.15, 0.2) is 11.5 Å². The van der Waals surface area contributed by atoms with E-state index in [0.717, 1.165) is 43.9 Å². The van der Waals surface area contributed by atoms with E-state index in [1.54, 1.807) is 26.4 Å². The number of aromatic hydroxyl groups is 1. The number of benzene rings is 2. The second-order valence-corrected chi connectivity index (χ2v) is 5.89. The molecule has 2 rings (SSSR count). The minimum atomic E-state index is 0.317. The van der Waals surface area contributed by atoms with Crippen LogP contribution in [0.25, 0.3) is 0 Å². The topological polar surface area (TPSA) is 55.3 Å². The molecule has 24 heavy (non-hydrogen) atoms. The zero-order valence-electron chi connectivity index (χ0n) is 14.8. The van der Waals surface area contributed by atoms with Gasteiger partial charge in [0.1, 0.15) is 12.3 Å². The van der Waals surface area contributed by atoms with Gasteiger partial charge in [-0.2, -0.15) is 0 Å². The molecule has 130 valence electrons. The largest absolute Gasteiger partial charge is 0.508 e. The molecule has 0 saturated heterocycles. The van der Waals surface area contributed by atoms with E-state index in [-0.39, 0.29) is 0 Å². The lowest BCUT2D eigenvalue weighted by Gasteiger charge is -2.16. The van der Waals surface area contributed by atoms with Crippen molar-refractivity contribution in [2.75, 3.05) is 20.8 Å². The monoisotopic (exact) mass is 330 g/mol. The van der Waals surface area contributed by atoms with Gasteiger partial charge in [0.2, 0.25) is 0 Å². The summed E-state index contributed by atoms with van der Waals surface area (Å²) in [7, 11) is 3.38. The molecule has 3 N–H and O–H groups in total. The number of hydrogen-bond acceptors (Lipinski definition) is 3. The predicted molar refractivity (Wildman–Crippen MR) is 95.8 cm³/mol. The molecule has 0 heterocycles. The molecule has 4 nitrogen and oxygen atoms in total. The summed E-state index contributed by atoms with van der Waals surface area (Å²) in [6.07, 6.45) is 3.04. The normalized spacial score (nSPS) is 10.6. The van der Waals surface area contributed by atoms with Gasteiger partial charge in [-0.15, -0.1) is 0 Å².